The summed E-state index contributed by atoms with van der Waals surface area (Å²) in [6, 6.07) is 14.8. The molecule has 0 aliphatic carbocycles. The van der Waals surface area contributed by atoms with E-state index in [1.54, 1.807) is 30.3 Å². The molecule has 0 radical (unpaired) electrons. The third kappa shape index (κ3) is 6.89. The Kier molecular flexibility index (Phi) is 9.25. The van der Waals surface area contributed by atoms with Crippen molar-refractivity contribution in [2.45, 2.75) is 38.7 Å². The Morgan fingerprint density at radius 1 is 0.682 bits per heavy atom. The maximum Gasteiger partial charge on any atom is 0.432 e. The van der Waals surface area contributed by atoms with Gasteiger partial charge in [-0.1, -0.05) is 67.8 Å². The van der Waals surface area contributed by atoms with Crippen LogP contribution in [0.4, 0.5) is 26.3 Å². The zero-order valence-corrected chi connectivity index (χ0v) is 24.1. The molecule has 5 aromatic rings. The fraction of sp³-hybridized carbons (Fsp3) is 0.176. The van der Waals surface area contributed by atoms with E-state index in [9.17, 15) is 22.0 Å². The van der Waals surface area contributed by atoms with Crippen molar-refractivity contribution in [3.05, 3.63) is 125 Å². The molecule has 1 aromatic heterocycles. The first-order valence-corrected chi connectivity index (χ1v) is 14.2. The van der Waals surface area contributed by atoms with Crippen molar-refractivity contribution < 1.29 is 31.1 Å². The highest BCUT2D eigenvalue weighted by Crippen LogP contribution is 2.38. The molecule has 44 heavy (non-hydrogen) atoms. The van der Waals surface area contributed by atoms with Crippen molar-refractivity contribution in [3.63, 3.8) is 0 Å². The molecule has 1 heterocycles. The topological polar surface area (TPSA) is 35.0 Å². The average Bonchev–Trinajstić information content (AvgIpc) is 2.99. The molecule has 10 heteroatoms. The van der Waals surface area contributed by atoms with E-state index < -0.39 is 40.7 Å². The largest absolute Gasteiger partial charge is 0.432 e. The summed E-state index contributed by atoms with van der Waals surface area (Å²) in [5.74, 6) is -5.36. The van der Waals surface area contributed by atoms with Gasteiger partial charge in [0.15, 0.2) is 5.82 Å². The van der Waals surface area contributed by atoms with Gasteiger partial charge in [0.05, 0.1) is 5.02 Å². The molecule has 0 atom stereocenters. The van der Waals surface area contributed by atoms with Gasteiger partial charge in [0.2, 0.25) is 0 Å². The fourth-order valence-corrected chi connectivity index (χ4v) is 4.82. The van der Waals surface area contributed by atoms with Crippen LogP contribution in [-0.2, 0) is 12.5 Å². The number of hydrogen-bond donors (Lipinski definition) is 0. The third-order valence-corrected chi connectivity index (χ3v) is 7.31. The van der Waals surface area contributed by atoms with Gasteiger partial charge in [0.1, 0.15) is 34.6 Å². The molecular weight excluding hydrogens is 602 g/mol. The lowest BCUT2D eigenvalue weighted by atomic mass is 9.97. The zero-order chi connectivity index (χ0) is 31.4. The summed E-state index contributed by atoms with van der Waals surface area (Å²) < 4.78 is 92.4. The molecule has 226 valence electrons. The Bertz CT molecular complexity index is 1760. The Morgan fingerprint density at radius 2 is 1.30 bits per heavy atom. The van der Waals surface area contributed by atoms with Gasteiger partial charge in [-0.15, -0.1) is 0 Å². The molecule has 0 amide bonds. The third-order valence-electron chi connectivity index (χ3n) is 7.00. The minimum atomic E-state index is -4.51. The van der Waals surface area contributed by atoms with Crippen LogP contribution >= 0.6 is 11.6 Å². The van der Waals surface area contributed by atoms with E-state index in [-0.39, 0.29) is 16.1 Å². The summed E-state index contributed by atoms with van der Waals surface area (Å²) >= 11 is 5.53. The lowest BCUT2D eigenvalue weighted by Crippen LogP contribution is -2.25. The van der Waals surface area contributed by atoms with Crippen LogP contribution in [0.1, 0.15) is 37.3 Å². The smallest absolute Gasteiger partial charge is 0.429 e. The van der Waals surface area contributed by atoms with E-state index in [1.807, 2.05) is 12.4 Å². The van der Waals surface area contributed by atoms with E-state index in [4.69, 9.17) is 11.6 Å². The second kappa shape index (κ2) is 13.1. The molecule has 0 N–H and O–H groups in total. The van der Waals surface area contributed by atoms with Crippen molar-refractivity contribution in [2.24, 2.45) is 0 Å². The monoisotopic (exact) mass is 626 g/mol. The van der Waals surface area contributed by atoms with Gasteiger partial charge < -0.3 is 4.74 Å². The number of benzene rings is 4. The van der Waals surface area contributed by atoms with Crippen LogP contribution in [-0.4, -0.2) is 9.97 Å². The highest BCUT2D eigenvalue weighted by atomic mass is 35.5. The number of ether oxygens (including phenoxy) is 1. The molecule has 0 fully saturated rings. The SMILES string of the molecule is CCCCCc1cnc(-c2ccc(-c3ccc(-c4cc(F)c(C(F)(F)Oc5ccc(Cl)c(F)c5)c(F)c4)c(F)c3)cc2)nc1. The van der Waals surface area contributed by atoms with Gasteiger partial charge in [0.25, 0.3) is 0 Å². The second-order valence-corrected chi connectivity index (χ2v) is 10.6. The fourth-order valence-electron chi connectivity index (χ4n) is 4.70. The first-order chi connectivity index (χ1) is 21.1. The molecule has 0 bridgehead atoms. The number of unbranched alkanes of at least 4 members (excludes halogenated alkanes) is 2. The number of aryl methyl sites for hydroxylation is 1. The lowest BCUT2D eigenvalue weighted by molar-refractivity contribution is -0.189. The molecule has 0 aliphatic rings. The van der Waals surface area contributed by atoms with Gasteiger partial charge in [-0.2, -0.15) is 8.78 Å². The minimum Gasteiger partial charge on any atom is -0.429 e. The molecular formula is C34H25ClF6N2O. The number of alkyl halides is 2. The highest BCUT2D eigenvalue weighted by molar-refractivity contribution is 6.30. The highest BCUT2D eigenvalue weighted by Gasteiger charge is 2.41. The number of nitrogens with zero attached hydrogens (tertiary/aromatic N) is 2. The predicted molar refractivity (Wildman–Crippen MR) is 157 cm³/mol. The van der Waals surface area contributed by atoms with Crippen LogP contribution in [0.2, 0.25) is 5.02 Å². The summed E-state index contributed by atoms with van der Waals surface area (Å²) in [5.41, 5.74) is 0.789. The van der Waals surface area contributed by atoms with Crippen LogP contribution < -0.4 is 4.74 Å². The van der Waals surface area contributed by atoms with Crippen LogP contribution in [0.25, 0.3) is 33.6 Å². The Morgan fingerprint density at radius 3 is 1.91 bits per heavy atom. The quantitative estimate of drug-likeness (QED) is 0.114. The van der Waals surface area contributed by atoms with E-state index in [1.165, 1.54) is 12.1 Å². The number of hydrogen-bond acceptors (Lipinski definition) is 3. The summed E-state index contributed by atoms with van der Waals surface area (Å²) in [7, 11) is 0. The van der Waals surface area contributed by atoms with Gasteiger partial charge in [-0.05, 0) is 65.4 Å². The predicted octanol–water partition coefficient (Wildman–Crippen LogP) is 10.5. The maximum atomic E-state index is 15.2. The Labute approximate surface area is 255 Å². The van der Waals surface area contributed by atoms with Gasteiger partial charge in [-0.25, -0.2) is 27.5 Å². The van der Waals surface area contributed by atoms with E-state index >= 15 is 4.39 Å². The first-order valence-electron chi connectivity index (χ1n) is 13.8. The molecule has 5 rings (SSSR count). The summed E-state index contributed by atoms with van der Waals surface area (Å²) in [5, 5.41) is -0.347. The Balaban J connectivity index is 1.34. The van der Waals surface area contributed by atoms with Crippen molar-refractivity contribution in [2.75, 3.05) is 0 Å². The number of halogens is 7. The average molecular weight is 627 g/mol. The van der Waals surface area contributed by atoms with E-state index in [0.717, 1.165) is 48.9 Å². The summed E-state index contributed by atoms with van der Waals surface area (Å²) in [4.78, 5) is 8.89. The lowest BCUT2D eigenvalue weighted by Gasteiger charge is -2.20. The number of aromatic nitrogens is 2. The van der Waals surface area contributed by atoms with Gasteiger partial charge >= 0.3 is 6.11 Å². The first kappa shape index (κ1) is 31.1. The molecule has 0 unspecified atom stereocenters. The van der Waals surface area contributed by atoms with Crippen molar-refractivity contribution >= 4 is 11.6 Å². The van der Waals surface area contributed by atoms with Crippen molar-refractivity contribution in [1.29, 1.82) is 0 Å². The summed E-state index contributed by atoms with van der Waals surface area (Å²) in [6.07, 6.45) is 3.40. The van der Waals surface area contributed by atoms with Crippen LogP contribution in [0.15, 0.2) is 85.2 Å². The molecule has 0 aliphatic heterocycles. The molecule has 0 saturated carbocycles. The van der Waals surface area contributed by atoms with Crippen LogP contribution in [0, 0.1) is 23.3 Å². The van der Waals surface area contributed by atoms with Crippen LogP contribution in [0.3, 0.4) is 0 Å². The molecule has 4 aromatic carbocycles. The molecule has 0 spiro atoms. The van der Waals surface area contributed by atoms with E-state index in [0.29, 0.717) is 35.2 Å². The molecule has 3 nitrogen and oxygen atoms in total. The zero-order valence-electron chi connectivity index (χ0n) is 23.4. The normalized spacial score (nSPS) is 11.5. The van der Waals surface area contributed by atoms with Crippen molar-refractivity contribution in [3.8, 4) is 39.4 Å². The number of rotatable bonds is 10. The summed E-state index contributed by atoms with van der Waals surface area (Å²) in [6.45, 7) is 2.15. The Hall–Kier alpha value is -4.37. The standard InChI is InChI=1S/C34H25ClF6N2O/c1-2-3-4-5-20-18-42-33(43-19-20)22-8-6-21(7-9-22)23-10-12-26(28(36)14-23)24-15-30(38)32(31(39)16-24)34(40,41)44-25-11-13-27(35)29(37)17-25/h6-19H,2-5H2,1H3. The van der Waals surface area contributed by atoms with Crippen molar-refractivity contribution in [1.82, 2.24) is 9.97 Å². The minimum absolute atomic E-state index is 0.203. The van der Waals surface area contributed by atoms with Crippen LogP contribution in [0.5, 0.6) is 5.75 Å². The maximum absolute atomic E-state index is 15.2. The van der Waals surface area contributed by atoms with Gasteiger partial charge in [-0.3, -0.25) is 0 Å². The molecule has 0 saturated heterocycles. The van der Waals surface area contributed by atoms with E-state index in [2.05, 4.69) is 21.6 Å². The van der Waals surface area contributed by atoms with Gasteiger partial charge in [0, 0.05) is 29.6 Å². The second-order valence-electron chi connectivity index (χ2n) is 10.2.